The average molecular weight is 301 g/mol. The van der Waals surface area contributed by atoms with Gasteiger partial charge in [-0.3, -0.25) is 4.68 Å². The second-order valence-electron chi connectivity index (χ2n) is 4.84. The van der Waals surface area contributed by atoms with Crippen molar-refractivity contribution in [2.75, 3.05) is 13.7 Å². The molecule has 0 atom stereocenters. The number of nitrogens with zero attached hydrogens (tertiary/aromatic N) is 3. The van der Waals surface area contributed by atoms with E-state index in [0.29, 0.717) is 13.1 Å². The lowest BCUT2D eigenvalue weighted by molar-refractivity contribution is 0.414. The molecule has 0 saturated heterocycles. The molecular formula is C16H23N5O. The molecule has 0 spiro atoms. The number of aryl methyl sites for hydroxylation is 1. The number of aromatic nitrogens is 2. The van der Waals surface area contributed by atoms with E-state index in [-0.39, 0.29) is 0 Å². The van der Waals surface area contributed by atoms with Crippen LogP contribution in [0, 0.1) is 0 Å². The Bertz CT molecular complexity index is 603. The Kier molecular flexibility index (Phi) is 5.82. The van der Waals surface area contributed by atoms with Crippen molar-refractivity contribution in [3.8, 4) is 5.75 Å². The number of ether oxygens (including phenoxy) is 1. The Morgan fingerprint density at radius 3 is 2.59 bits per heavy atom. The largest absolute Gasteiger partial charge is 0.497 e. The first-order valence-electron chi connectivity index (χ1n) is 7.35. The van der Waals surface area contributed by atoms with Crippen molar-refractivity contribution in [2.45, 2.75) is 20.0 Å². The van der Waals surface area contributed by atoms with E-state index < -0.39 is 0 Å². The fourth-order valence-electron chi connectivity index (χ4n) is 1.99. The summed E-state index contributed by atoms with van der Waals surface area (Å²) in [6, 6.07) is 9.92. The van der Waals surface area contributed by atoms with Gasteiger partial charge < -0.3 is 15.4 Å². The highest BCUT2D eigenvalue weighted by Gasteiger charge is 2.01. The van der Waals surface area contributed by atoms with Crippen LogP contribution in [0.5, 0.6) is 5.75 Å². The molecule has 0 aliphatic rings. The zero-order valence-electron chi connectivity index (χ0n) is 13.3. The first kappa shape index (κ1) is 15.9. The van der Waals surface area contributed by atoms with E-state index in [1.807, 2.05) is 42.1 Å². The lowest BCUT2D eigenvalue weighted by Gasteiger charge is -2.11. The smallest absolute Gasteiger partial charge is 0.191 e. The fraction of sp³-hybridized carbons (Fsp3) is 0.375. The molecule has 6 heteroatoms. The van der Waals surface area contributed by atoms with E-state index >= 15 is 0 Å². The molecule has 0 amide bonds. The van der Waals surface area contributed by atoms with Gasteiger partial charge in [-0.25, -0.2) is 4.99 Å². The zero-order chi connectivity index (χ0) is 15.8. The van der Waals surface area contributed by atoms with E-state index in [2.05, 4.69) is 27.6 Å². The van der Waals surface area contributed by atoms with Crippen LogP contribution in [0.2, 0.25) is 0 Å². The van der Waals surface area contributed by atoms with Gasteiger partial charge in [-0.1, -0.05) is 12.1 Å². The Labute approximate surface area is 131 Å². The molecule has 1 heterocycles. The molecule has 2 rings (SSSR count). The zero-order valence-corrected chi connectivity index (χ0v) is 13.3. The molecule has 2 aromatic rings. The first-order chi connectivity index (χ1) is 10.7. The fourth-order valence-corrected chi connectivity index (χ4v) is 1.99. The van der Waals surface area contributed by atoms with Crippen molar-refractivity contribution in [2.24, 2.45) is 12.0 Å². The summed E-state index contributed by atoms with van der Waals surface area (Å²) < 4.78 is 7.00. The molecule has 6 nitrogen and oxygen atoms in total. The molecule has 0 aliphatic heterocycles. The number of benzene rings is 1. The van der Waals surface area contributed by atoms with Gasteiger partial charge in [0.15, 0.2) is 5.96 Å². The summed E-state index contributed by atoms with van der Waals surface area (Å²) in [5.74, 6) is 1.65. The SMILES string of the molecule is CCNC(=NCc1ccc(OC)cc1)NCc1ccnn1C. The number of methoxy groups -OCH3 is 1. The molecule has 0 fully saturated rings. The Morgan fingerprint density at radius 2 is 2.00 bits per heavy atom. The summed E-state index contributed by atoms with van der Waals surface area (Å²) in [6.07, 6.45) is 1.79. The predicted molar refractivity (Wildman–Crippen MR) is 87.9 cm³/mol. The highest BCUT2D eigenvalue weighted by molar-refractivity contribution is 5.79. The molecule has 0 aliphatic carbocycles. The van der Waals surface area contributed by atoms with Crippen LogP contribution in [0.1, 0.15) is 18.2 Å². The van der Waals surface area contributed by atoms with Crippen LogP contribution in [0.25, 0.3) is 0 Å². The maximum absolute atomic E-state index is 5.16. The van der Waals surface area contributed by atoms with E-state index in [1.165, 1.54) is 0 Å². The average Bonchev–Trinajstić information content (AvgIpc) is 2.96. The summed E-state index contributed by atoms with van der Waals surface area (Å²) in [5.41, 5.74) is 2.24. The summed E-state index contributed by atoms with van der Waals surface area (Å²) in [5, 5.41) is 10.7. The van der Waals surface area contributed by atoms with Crippen molar-refractivity contribution in [3.63, 3.8) is 0 Å². The van der Waals surface area contributed by atoms with Crippen molar-refractivity contribution in [3.05, 3.63) is 47.8 Å². The van der Waals surface area contributed by atoms with E-state index in [0.717, 1.165) is 29.5 Å². The van der Waals surface area contributed by atoms with Crippen molar-refractivity contribution in [1.29, 1.82) is 0 Å². The Morgan fingerprint density at radius 1 is 1.23 bits per heavy atom. The number of hydrogen-bond donors (Lipinski definition) is 2. The number of hydrogen-bond acceptors (Lipinski definition) is 3. The van der Waals surface area contributed by atoms with Gasteiger partial charge in [0, 0.05) is 19.8 Å². The minimum Gasteiger partial charge on any atom is -0.497 e. The molecule has 22 heavy (non-hydrogen) atoms. The first-order valence-corrected chi connectivity index (χ1v) is 7.35. The Balaban J connectivity index is 1.95. The molecule has 1 aromatic heterocycles. The molecule has 0 saturated carbocycles. The lowest BCUT2D eigenvalue weighted by atomic mass is 10.2. The van der Waals surface area contributed by atoms with Gasteiger partial charge in [-0.2, -0.15) is 5.10 Å². The van der Waals surface area contributed by atoms with Gasteiger partial charge >= 0.3 is 0 Å². The molecule has 2 N–H and O–H groups in total. The number of guanidine groups is 1. The van der Waals surface area contributed by atoms with Crippen LogP contribution < -0.4 is 15.4 Å². The molecule has 1 aromatic carbocycles. The van der Waals surface area contributed by atoms with E-state index in [9.17, 15) is 0 Å². The summed E-state index contributed by atoms with van der Waals surface area (Å²) in [6.45, 7) is 4.17. The van der Waals surface area contributed by atoms with Gasteiger partial charge in [-0.15, -0.1) is 0 Å². The lowest BCUT2D eigenvalue weighted by Crippen LogP contribution is -2.37. The number of aliphatic imine (C=N–C) groups is 1. The van der Waals surface area contributed by atoms with Gasteiger partial charge in [0.25, 0.3) is 0 Å². The Hall–Kier alpha value is -2.50. The molecule has 0 radical (unpaired) electrons. The highest BCUT2D eigenvalue weighted by Crippen LogP contribution is 2.11. The minimum atomic E-state index is 0.616. The summed E-state index contributed by atoms with van der Waals surface area (Å²) in [4.78, 5) is 4.59. The molecule has 118 valence electrons. The second kappa shape index (κ2) is 8.07. The minimum absolute atomic E-state index is 0.616. The highest BCUT2D eigenvalue weighted by atomic mass is 16.5. The second-order valence-corrected chi connectivity index (χ2v) is 4.84. The number of nitrogens with one attached hydrogen (secondary N) is 2. The monoisotopic (exact) mass is 301 g/mol. The predicted octanol–water partition coefficient (Wildman–Crippen LogP) is 1.68. The van der Waals surface area contributed by atoms with Crippen molar-refractivity contribution < 1.29 is 4.74 Å². The normalized spacial score (nSPS) is 11.3. The van der Waals surface area contributed by atoms with Crippen LogP contribution in [0.15, 0.2) is 41.5 Å². The standard InChI is InChI=1S/C16H23N5O/c1-4-17-16(19-12-14-9-10-20-21(14)2)18-11-13-5-7-15(22-3)8-6-13/h5-10H,4,11-12H2,1-3H3,(H2,17,18,19). The van der Waals surface area contributed by atoms with Gasteiger partial charge in [0.2, 0.25) is 0 Å². The summed E-state index contributed by atoms with van der Waals surface area (Å²) >= 11 is 0. The van der Waals surface area contributed by atoms with Gasteiger partial charge in [0.1, 0.15) is 5.75 Å². The van der Waals surface area contributed by atoms with Crippen LogP contribution in [-0.2, 0) is 20.1 Å². The molecular weight excluding hydrogens is 278 g/mol. The van der Waals surface area contributed by atoms with E-state index in [4.69, 9.17) is 4.74 Å². The third-order valence-corrected chi connectivity index (χ3v) is 3.28. The van der Waals surface area contributed by atoms with E-state index in [1.54, 1.807) is 13.3 Å². The number of rotatable bonds is 6. The summed E-state index contributed by atoms with van der Waals surface area (Å²) in [7, 11) is 3.59. The van der Waals surface area contributed by atoms with Crippen LogP contribution in [0.4, 0.5) is 0 Å². The van der Waals surface area contributed by atoms with Crippen molar-refractivity contribution >= 4 is 5.96 Å². The third-order valence-electron chi connectivity index (χ3n) is 3.28. The maximum atomic E-state index is 5.16. The van der Waals surface area contributed by atoms with Crippen LogP contribution >= 0.6 is 0 Å². The topological polar surface area (TPSA) is 63.5 Å². The third kappa shape index (κ3) is 4.51. The maximum Gasteiger partial charge on any atom is 0.191 e. The molecule has 0 unspecified atom stereocenters. The van der Waals surface area contributed by atoms with Gasteiger partial charge in [-0.05, 0) is 30.7 Å². The van der Waals surface area contributed by atoms with Crippen LogP contribution in [-0.4, -0.2) is 29.4 Å². The van der Waals surface area contributed by atoms with Gasteiger partial charge in [0.05, 0.1) is 25.9 Å². The van der Waals surface area contributed by atoms with Crippen molar-refractivity contribution in [1.82, 2.24) is 20.4 Å². The quantitative estimate of drug-likeness (QED) is 0.629. The van der Waals surface area contributed by atoms with Crippen LogP contribution in [0.3, 0.4) is 0 Å². The molecule has 0 bridgehead atoms.